The van der Waals surface area contributed by atoms with Gasteiger partial charge in [-0.05, 0) is 50.8 Å². The lowest BCUT2D eigenvalue weighted by atomic mass is 10.0. The highest BCUT2D eigenvalue weighted by Gasteiger charge is 2.19. The van der Waals surface area contributed by atoms with Gasteiger partial charge in [0.15, 0.2) is 17.1 Å². The van der Waals surface area contributed by atoms with Crippen LogP contribution in [-0.4, -0.2) is 32.5 Å². The molecule has 7 heteroatoms. The molecule has 0 spiro atoms. The van der Waals surface area contributed by atoms with Crippen LogP contribution < -0.4 is 10.1 Å². The third-order valence-electron chi connectivity index (χ3n) is 4.64. The molecule has 6 nitrogen and oxygen atoms in total. The van der Waals surface area contributed by atoms with Gasteiger partial charge in [-0.25, -0.2) is 0 Å². The van der Waals surface area contributed by atoms with Crippen molar-refractivity contribution in [1.29, 1.82) is 0 Å². The summed E-state index contributed by atoms with van der Waals surface area (Å²) in [5.41, 5.74) is 1.28. The fraction of sp³-hybridized carbons (Fsp3) is 0.571. The molecule has 1 N–H and O–H groups in total. The maximum absolute atomic E-state index is 12.0. The summed E-state index contributed by atoms with van der Waals surface area (Å²) < 4.78 is 8.08. The van der Waals surface area contributed by atoms with Crippen LogP contribution in [0.1, 0.15) is 71.4 Å². The minimum absolute atomic E-state index is 0.0149. The first kappa shape index (κ1) is 22.3. The summed E-state index contributed by atoms with van der Waals surface area (Å²) in [6.07, 6.45) is 0.680. The first-order valence-corrected chi connectivity index (χ1v) is 11.0. The van der Waals surface area contributed by atoms with E-state index in [4.69, 9.17) is 4.74 Å². The third kappa shape index (κ3) is 5.99. The molecule has 0 bridgehead atoms. The van der Waals surface area contributed by atoms with E-state index in [0.29, 0.717) is 11.7 Å². The fourth-order valence-electron chi connectivity index (χ4n) is 2.74. The largest absolute Gasteiger partial charge is 0.483 e. The number of carbonyl (C=O) groups excluding carboxylic acids is 1. The summed E-state index contributed by atoms with van der Waals surface area (Å²) >= 11 is 1.40. The Morgan fingerprint density at radius 2 is 1.82 bits per heavy atom. The smallest absolute Gasteiger partial charge is 0.230 e. The topological polar surface area (TPSA) is 69.0 Å². The zero-order valence-corrected chi connectivity index (χ0v) is 18.5. The van der Waals surface area contributed by atoms with Gasteiger partial charge in [0.05, 0.1) is 5.75 Å². The Hall–Kier alpha value is -2.02. The van der Waals surface area contributed by atoms with E-state index in [-0.39, 0.29) is 18.1 Å². The van der Waals surface area contributed by atoms with Crippen molar-refractivity contribution in [1.82, 2.24) is 20.1 Å². The number of ether oxygens (including phenoxy) is 1. The number of aromatic nitrogens is 3. The van der Waals surface area contributed by atoms with Crippen LogP contribution in [0, 0.1) is 0 Å². The van der Waals surface area contributed by atoms with Gasteiger partial charge < -0.3 is 14.6 Å². The van der Waals surface area contributed by atoms with Crippen molar-refractivity contribution in [3.8, 4) is 5.75 Å². The predicted octanol–water partition coefficient (Wildman–Crippen LogP) is 4.57. The summed E-state index contributed by atoms with van der Waals surface area (Å²) in [7, 11) is 0. The van der Waals surface area contributed by atoms with E-state index in [1.54, 1.807) is 0 Å². The maximum Gasteiger partial charge on any atom is 0.230 e. The number of hydrogen-bond donors (Lipinski definition) is 1. The predicted molar refractivity (Wildman–Crippen MR) is 114 cm³/mol. The van der Waals surface area contributed by atoms with Gasteiger partial charge in [0.25, 0.3) is 0 Å². The van der Waals surface area contributed by atoms with Gasteiger partial charge in [-0.1, -0.05) is 44.7 Å². The molecule has 0 saturated carbocycles. The molecule has 154 valence electrons. The first-order chi connectivity index (χ1) is 13.3. The highest BCUT2D eigenvalue weighted by molar-refractivity contribution is 7.99. The van der Waals surface area contributed by atoms with Crippen LogP contribution in [0.15, 0.2) is 29.4 Å². The highest BCUT2D eigenvalue weighted by atomic mass is 32.2. The zero-order chi connectivity index (χ0) is 20.7. The summed E-state index contributed by atoms with van der Waals surface area (Å²) in [6, 6.07) is 8.35. The number of benzene rings is 1. The number of carbonyl (C=O) groups is 1. The third-order valence-corrected chi connectivity index (χ3v) is 5.60. The summed E-state index contributed by atoms with van der Waals surface area (Å²) in [4.78, 5) is 12.0. The molecule has 1 heterocycles. The summed E-state index contributed by atoms with van der Waals surface area (Å²) in [6.45, 7) is 13.1. The van der Waals surface area contributed by atoms with Gasteiger partial charge in [0.1, 0.15) is 5.75 Å². The maximum atomic E-state index is 12.0. The van der Waals surface area contributed by atoms with Crippen LogP contribution in [0.5, 0.6) is 5.75 Å². The summed E-state index contributed by atoms with van der Waals surface area (Å²) in [5, 5.41) is 12.3. The molecule has 28 heavy (non-hydrogen) atoms. The second-order valence-electron chi connectivity index (χ2n) is 7.23. The van der Waals surface area contributed by atoms with Crippen molar-refractivity contribution in [3.63, 3.8) is 0 Å². The Kier molecular flexibility index (Phi) is 8.35. The average molecular weight is 405 g/mol. The molecule has 2 aromatic rings. The molecule has 0 saturated heterocycles. The van der Waals surface area contributed by atoms with E-state index in [9.17, 15) is 4.79 Å². The Bertz CT molecular complexity index is 758. The van der Waals surface area contributed by atoms with Crippen LogP contribution in [0.25, 0.3) is 0 Å². The molecule has 0 aliphatic rings. The molecule has 0 radical (unpaired) electrons. The Morgan fingerprint density at radius 3 is 2.39 bits per heavy atom. The van der Waals surface area contributed by atoms with E-state index in [1.165, 1.54) is 17.3 Å². The molecule has 1 amide bonds. The molecule has 0 fully saturated rings. The van der Waals surface area contributed by atoms with Crippen LogP contribution in [0.4, 0.5) is 0 Å². The van der Waals surface area contributed by atoms with Crippen LogP contribution in [0.2, 0.25) is 0 Å². The number of thioether (sulfide) groups is 1. The van der Waals surface area contributed by atoms with Crippen molar-refractivity contribution >= 4 is 17.7 Å². The Balaban J connectivity index is 2.02. The lowest BCUT2D eigenvalue weighted by Gasteiger charge is -2.16. The highest BCUT2D eigenvalue weighted by Crippen LogP contribution is 2.26. The number of amides is 1. The van der Waals surface area contributed by atoms with E-state index < -0.39 is 0 Å². The minimum Gasteiger partial charge on any atom is -0.483 e. The standard InChI is InChI=1S/C21H32N4O2S/c1-7-15(5)22-19(26)13-28-21-24-23-20(25(21)8-2)16(6)27-18-11-9-17(10-12-18)14(3)4/h9-12,14-16H,7-8,13H2,1-6H3,(H,22,26). The fourth-order valence-corrected chi connectivity index (χ4v) is 3.56. The van der Waals surface area contributed by atoms with Crippen molar-refractivity contribution < 1.29 is 9.53 Å². The Morgan fingerprint density at radius 1 is 1.14 bits per heavy atom. The van der Waals surface area contributed by atoms with E-state index in [1.807, 2.05) is 37.5 Å². The zero-order valence-electron chi connectivity index (χ0n) is 17.7. The molecular weight excluding hydrogens is 372 g/mol. The number of rotatable bonds is 10. The normalized spacial score (nSPS) is 13.4. The van der Waals surface area contributed by atoms with Crippen molar-refractivity contribution in [2.75, 3.05) is 5.75 Å². The van der Waals surface area contributed by atoms with Gasteiger partial charge in [-0.2, -0.15) is 0 Å². The second-order valence-corrected chi connectivity index (χ2v) is 8.18. The quantitative estimate of drug-likeness (QED) is 0.588. The van der Waals surface area contributed by atoms with Gasteiger partial charge in [0.2, 0.25) is 5.91 Å². The molecule has 2 rings (SSSR count). The first-order valence-electron chi connectivity index (χ1n) is 9.97. The van der Waals surface area contributed by atoms with Gasteiger partial charge in [-0.3, -0.25) is 4.79 Å². The number of nitrogens with one attached hydrogen (secondary N) is 1. The van der Waals surface area contributed by atoms with Crippen molar-refractivity contribution in [2.45, 2.75) is 77.7 Å². The van der Waals surface area contributed by atoms with Crippen LogP contribution in [0.3, 0.4) is 0 Å². The number of nitrogens with zero attached hydrogens (tertiary/aromatic N) is 3. The molecule has 1 aromatic heterocycles. The second kappa shape index (κ2) is 10.5. The number of hydrogen-bond acceptors (Lipinski definition) is 5. The van der Waals surface area contributed by atoms with Gasteiger partial charge in [-0.15, -0.1) is 10.2 Å². The van der Waals surface area contributed by atoms with Crippen LogP contribution in [-0.2, 0) is 11.3 Å². The Labute approximate surface area is 172 Å². The average Bonchev–Trinajstić information content (AvgIpc) is 3.09. The molecule has 1 aromatic carbocycles. The SMILES string of the molecule is CCC(C)NC(=O)CSc1nnc(C(C)Oc2ccc(C(C)C)cc2)n1CC. The molecule has 2 atom stereocenters. The minimum atomic E-state index is -0.236. The summed E-state index contributed by atoms with van der Waals surface area (Å²) in [5.74, 6) is 2.41. The van der Waals surface area contributed by atoms with Gasteiger partial charge >= 0.3 is 0 Å². The monoisotopic (exact) mass is 404 g/mol. The van der Waals surface area contributed by atoms with Crippen LogP contribution >= 0.6 is 11.8 Å². The van der Waals surface area contributed by atoms with Gasteiger partial charge in [0, 0.05) is 12.6 Å². The van der Waals surface area contributed by atoms with E-state index in [2.05, 4.69) is 48.4 Å². The lowest BCUT2D eigenvalue weighted by molar-refractivity contribution is -0.119. The molecule has 0 aliphatic heterocycles. The van der Waals surface area contributed by atoms with E-state index >= 15 is 0 Å². The van der Waals surface area contributed by atoms with Crippen molar-refractivity contribution in [2.24, 2.45) is 0 Å². The van der Waals surface area contributed by atoms with E-state index in [0.717, 1.165) is 29.7 Å². The molecule has 2 unspecified atom stereocenters. The van der Waals surface area contributed by atoms with Crippen molar-refractivity contribution in [3.05, 3.63) is 35.7 Å². The molecular formula is C21H32N4O2S. The lowest BCUT2D eigenvalue weighted by Crippen LogP contribution is -2.33. The molecule has 0 aliphatic carbocycles.